The van der Waals surface area contributed by atoms with E-state index >= 15 is 0 Å². The number of amides is 3. The number of nitrogens with zero attached hydrogens (tertiary/aromatic N) is 4. The Kier molecular flexibility index (Phi) is 10.2. The fourth-order valence-corrected chi connectivity index (χ4v) is 6.32. The first-order chi connectivity index (χ1) is 24.1. The van der Waals surface area contributed by atoms with Gasteiger partial charge >= 0.3 is 0 Å². The maximum Gasteiger partial charge on any atom is 0.252 e. The van der Waals surface area contributed by atoms with Crippen molar-refractivity contribution in [2.75, 3.05) is 23.0 Å². The number of carbonyl (C=O) groups is 3. The van der Waals surface area contributed by atoms with Crippen LogP contribution in [0.2, 0.25) is 5.02 Å². The van der Waals surface area contributed by atoms with Gasteiger partial charge in [-0.2, -0.15) is 5.26 Å². The number of halogens is 3. The van der Waals surface area contributed by atoms with Crippen LogP contribution in [0.4, 0.5) is 20.3 Å². The minimum atomic E-state index is -2.90. The van der Waals surface area contributed by atoms with Gasteiger partial charge in [0.15, 0.2) is 0 Å². The molecular formula is C37H32ClF2N5O5. The van der Waals surface area contributed by atoms with Gasteiger partial charge in [-0.15, -0.1) is 0 Å². The molecule has 4 aromatic rings. The van der Waals surface area contributed by atoms with Gasteiger partial charge in [0.25, 0.3) is 11.8 Å². The summed E-state index contributed by atoms with van der Waals surface area (Å²) in [4.78, 5) is 49.1. The molecule has 13 heteroatoms. The number of ether oxygens (including phenoxy) is 2. The second-order valence-electron chi connectivity index (χ2n) is 11.9. The largest absolute Gasteiger partial charge is 0.490 e. The van der Waals surface area contributed by atoms with Crippen molar-refractivity contribution in [1.82, 2.24) is 10.3 Å². The van der Waals surface area contributed by atoms with E-state index in [0.717, 1.165) is 0 Å². The van der Waals surface area contributed by atoms with Gasteiger partial charge in [0, 0.05) is 53.8 Å². The summed E-state index contributed by atoms with van der Waals surface area (Å²) >= 11 is 6.65. The molecule has 256 valence electrons. The number of nitriles is 1. The van der Waals surface area contributed by atoms with Crippen molar-refractivity contribution < 1.29 is 32.6 Å². The topological polar surface area (TPSA) is 125 Å². The number of aromatic nitrogens is 1. The monoisotopic (exact) mass is 699 g/mol. The van der Waals surface area contributed by atoms with Crippen LogP contribution in [-0.2, 0) is 14.4 Å². The third-order valence-corrected chi connectivity index (χ3v) is 8.80. The van der Waals surface area contributed by atoms with Gasteiger partial charge in [-0.3, -0.25) is 24.2 Å². The average Bonchev–Trinajstić information content (AvgIpc) is 3.50. The molecule has 1 aliphatic carbocycles. The Morgan fingerprint density at radius 3 is 2.42 bits per heavy atom. The molecule has 50 heavy (non-hydrogen) atoms. The number of anilines is 2. The fourth-order valence-electron chi connectivity index (χ4n) is 6.09. The Labute approximate surface area is 292 Å². The molecule has 0 spiro atoms. The highest BCUT2D eigenvalue weighted by Gasteiger charge is 2.48. The van der Waals surface area contributed by atoms with Crippen molar-refractivity contribution in [3.8, 4) is 17.6 Å². The summed E-state index contributed by atoms with van der Waals surface area (Å²) in [6.07, 6.45) is 0.387. The van der Waals surface area contributed by atoms with E-state index in [0.29, 0.717) is 11.5 Å². The summed E-state index contributed by atoms with van der Waals surface area (Å²) < 4.78 is 39.3. The first-order valence-corrected chi connectivity index (χ1v) is 16.4. The maximum atomic E-state index is 14.9. The summed E-state index contributed by atoms with van der Waals surface area (Å²) in [6, 6.07) is 23.7. The average molecular weight is 700 g/mol. The van der Waals surface area contributed by atoms with Crippen LogP contribution in [0.3, 0.4) is 0 Å². The standard InChI is InChI=1S/C37H32ClF2N5O5/c38-30-12-5-4-11-29(30)34(35(47)43-25-21-37(39,40)22-25)44(26-7-6-10-28(20-26)50-18-17-49-27-8-2-1-3-9-27)36(48)31-13-14-33(46)45(31)32-19-24(23-41)15-16-42-32/h1-12,15-16,19-20,25,31,34H,13-14,17-18,21-22H2,(H,43,47)/t31-,34-/m0/s1. The molecular weight excluding hydrogens is 668 g/mol. The van der Waals surface area contributed by atoms with E-state index < -0.39 is 54.6 Å². The third kappa shape index (κ3) is 7.68. The first-order valence-electron chi connectivity index (χ1n) is 16.0. The van der Waals surface area contributed by atoms with E-state index in [2.05, 4.69) is 10.3 Å². The van der Waals surface area contributed by atoms with Crippen molar-refractivity contribution in [3.63, 3.8) is 0 Å². The van der Waals surface area contributed by atoms with Crippen LogP contribution in [0.5, 0.6) is 11.5 Å². The summed E-state index contributed by atoms with van der Waals surface area (Å²) in [5.74, 6) is -3.54. The Morgan fingerprint density at radius 1 is 1.00 bits per heavy atom. The number of para-hydroxylation sites is 1. The Balaban J connectivity index is 1.37. The minimum Gasteiger partial charge on any atom is -0.490 e. The molecule has 10 nitrogen and oxygen atoms in total. The van der Waals surface area contributed by atoms with E-state index in [9.17, 15) is 28.4 Å². The first kappa shape index (κ1) is 34.3. The number of benzene rings is 3. The smallest absolute Gasteiger partial charge is 0.252 e. The lowest BCUT2D eigenvalue weighted by Gasteiger charge is -2.39. The summed E-state index contributed by atoms with van der Waals surface area (Å²) in [7, 11) is 0. The van der Waals surface area contributed by atoms with Gasteiger partial charge in [0.2, 0.25) is 11.8 Å². The van der Waals surface area contributed by atoms with Crippen LogP contribution in [0.15, 0.2) is 97.2 Å². The van der Waals surface area contributed by atoms with E-state index in [1.54, 1.807) is 48.5 Å². The van der Waals surface area contributed by atoms with Gasteiger partial charge in [-0.1, -0.05) is 54.1 Å². The predicted molar refractivity (Wildman–Crippen MR) is 181 cm³/mol. The molecule has 6 rings (SSSR count). The van der Waals surface area contributed by atoms with Crippen molar-refractivity contribution in [1.29, 1.82) is 5.26 Å². The van der Waals surface area contributed by atoms with Crippen molar-refractivity contribution in [3.05, 3.63) is 113 Å². The molecule has 1 aliphatic heterocycles. The Hall–Kier alpha value is -5.54. The molecule has 0 bridgehead atoms. The molecule has 1 saturated carbocycles. The van der Waals surface area contributed by atoms with E-state index in [-0.39, 0.29) is 53.7 Å². The van der Waals surface area contributed by atoms with Crippen LogP contribution in [0.25, 0.3) is 0 Å². The van der Waals surface area contributed by atoms with Crippen molar-refractivity contribution in [2.45, 2.75) is 49.7 Å². The van der Waals surface area contributed by atoms with Gasteiger partial charge in [0.1, 0.15) is 42.6 Å². The highest BCUT2D eigenvalue weighted by molar-refractivity contribution is 6.31. The summed E-state index contributed by atoms with van der Waals surface area (Å²) in [5.41, 5.74) is 0.715. The molecule has 1 aromatic heterocycles. The van der Waals surface area contributed by atoms with Gasteiger partial charge in [-0.05, 0) is 48.9 Å². The molecule has 3 aromatic carbocycles. The fraction of sp³-hybridized carbons (Fsp3) is 0.270. The van der Waals surface area contributed by atoms with E-state index in [1.165, 1.54) is 28.1 Å². The number of hydrogen-bond donors (Lipinski definition) is 1. The van der Waals surface area contributed by atoms with Crippen molar-refractivity contribution in [2.24, 2.45) is 0 Å². The van der Waals surface area contributed by atoms with Crippen LogP contribution in [0, 0.1) is 11.3 Å². The zero-order chi connectivity index (χ0) is 35.3. The number of alkyl halides is 2. The van der Waals surface area contributed by atoms with Crippen LogP contribution in [-0.4, -0.2) is 53.9 Å². The molecule has 1 N–H and O–H groups in total. The number of rotatable bonds is 12. The Bertz CT molecular complexity index is 1920. The molecule has 0 unspecified atom stereocenters. The van der Waals surface area contributed by atoms with Gasteiger partial charge in [0.05, 0.1) is 11.6 Å². The quantitative estimate of drug-likeness (QED) is 0.173. The summed E-state index contributed by atoms with van der Waals surface area (Å²) in [5, 5.41) is 12.3. The molecule has 1 saturated heterocycles. The summed E-state index contributed by atoms with van der Waals surface area (Å²) in [6.45, 7) is 0.379. The van der Waals surface area contributed by atoms with Crippen LogP contribution in [0.1, 0.15) is 42.9 Å². The maximum absolute atomic E-state index is 14.9. The number of nitrogens with one attached hydrogen (secondary N) is 1. The van der Waals surface area contributed by atoms with Gasteiger partial charge in [-0.25, -0.2) is 13.8 Å². The zero-order valence-corrected chi connectivity index (χ0v) is 27.4. The second-order valence-corrected chi connectivity index (χ2v) is 12.3. The lowest BCUT2D eigenvalue weighted by Crippen LogP contribution is -2.56. The molecule has 0 radical (unpaired) electrons. The molecule has 2 aliphatic rings. The number of hydrogen-bond acceptors (Lipinski definition) is 7. The van der Waals surface area contributed by atoms with Gasteiger partial charge < -0.3 is 14.8 Å². The number of carbonyl (C=O) groups excluding carboxylic acids is 3. The molecule has 3 amide bonds. The lowest BCUT2D eigenvalue weighted by atomic mass is 9.87. The third-order valence-electron chi connectivity index (χ3n) is 8.46. The zero-order valence-electron chi connectivity index (χ0n) is 26.7. The van der Waals surface area contributed by atoms with E-state index in [4.69, 9.17) is 21.1 Å². The minimum absolute atomic E-state index is 0.00733. The highest BCUT2D eigenvalue weighted by Crippen LogP contribution is 2.40. The number of pyridine rings is 1. The predicted octanol–water partition coefficient (Wildman–Crippen LogP) is 6.25. The molecule has 2 atom stereocenters. The Morgan fingerprint density at radius 2 is 1.70 bits per heavy atom. The highest BCUT2D eigenvalue weighted by atomic mass is 35.5. The normalized spacial score (nSPS) is 17.3. The molecule has 2 fully saturated rings. The molecule has 2 heterocycles. The van der Waals surface area contributed by atoms with E-state index in [1.807, 2.05) is 36.4 Å². The lowest BCUT2D eigenvalue weighted by molar-refractivity contribution is -0.133. The van der Waals surface area contributed by atoms with Crippen LogP contribution < -0.4 is 24.6 Å². The van der Waals surface area contributed by atoms with Crippen LogP contribution >= 0.6 is 11.6 Å². The second kappa shape index (κ2) is 14.9. The van der Waals surface area contributed by atoms with Crippen molar-refractivity contribution >= 4 is 40.8 Å². The SMILES string of the molecule is N#Cc1ccnc(N2C(=O)CC[C@H]2C(=O)N(c2cccc(OCCOc3ccccc3)c2)[C@H](C(=O)NC2CC(F)(F)C2)c2ccccc2Cl)c1.